The van der Waals surface area contributed by atoms with Crippen LogP contribution >= 0.6 is 0 Å². The van der Waals surface area contributed by atoms with Gasteiger partial charge in [-0.1, -0.05) is 36.4 Å². The molecular weight excluding hydrogens is 286 g/mol. The second-order valence-corrected chi connectivity index (χ2v) is 7.12. The Morgan fingerprint density at radius 1 is 1.10 bits per heavy atom. The maximum absolute atomic E-state index is 12.9. The SMILES string of the molecule is CC(C)N(CCCO)S(=O)(=O)c1cccc2ccccc12. The van der Waals surface area contributed by atoms with Crippen molar-refractivity contribution in [3.8, 4) is 0 Å². The highest BCUT2D eigenvalue weighted by atomic mass is 32.2. The summed E-state index contributed by atoms with van der Waals surface area (Å²) in [6.07, 6.45) is 0.433. The predicted molar refractivity (Wildman–Crippen MR) is 84.7 cm³/mol. The third-order valence-electron chi connectivity index (χ3n) is 3.45. The van der Waals surface area contributed by atoms with Crippen LogP contribution in [0.4, 0.5) is 0 Å². The maximum atomic E-state index is 12.9. The number of hydrogen-bond donors (Lipinski definition) is 1. The Balaban J connectivity index is 2.54. The Labute approximate surface area is 126 Å². The van der Waals surface area contributed by atoms with Crippen LogP contribution in [0.1, 0.15) is 20.3 Å². The second kappa shape index (κ2) is 6.56. The van der Waals surface area contributed by atoms with Crippen LogP contribution in [0.3, 0.4) is 0 Å². The molecule has 0 aliphatic rings. The van der Waals surface area contributed by atoms with Crippen LogP contribution < -0.4 is 0 Å². The Hall–Kier alpha value is -1.43. The normalized spacial score (nSPS) is 12.4. The Morgan fingerprint density at radius 2 is 1.76 bits per heavy atom. The minimum atomic E-state index is -3.58. The molecule has 0 atom stereocenters. The summed E-state index contributed by atoms with van der Waals surface area (Å²) >= 11 is 0. The first kappa shape index (κ1) is 15.9. The number of fused-ring (bicyclic) bond motifs is 1. The number of benzene rings is 2. The molecule has 2 rings (SSSR count). The fourth-order valence-electron chi connectivity index (χ4n) is 2.43. The highest BCUT2D eigenvalue weighted by Gasteiger charge is 2.27. The zero-order valence-corrected chi connectivity index (χ0v) is 13.2. The zero-order chi connectivity index (χ0) is 15.5. The molecule has 0 saturated carbocycles. The van der Waals surface area contributed by atoms with Gasteiger partial charge in [0.25, 0.3) is 0 Å². The molecule has 0 heterocycles. The predicted octanol–water partition coefficient (Wildman–Crippen LogP) is 2.62. The highest BCUT2D eigenvalue weighted by molar-refractivity contribution is 7.89. The summed E-state index contributed by atoms with van der Waals surface area (Å²) in [6.45, 7) is 3.99. The Morgan fingerprint density at radius 3 is 2.43 bits per heavy atom. The topological polar surface area (TPSA) is 57.6 Å². The summed E-state index contributed by atoms with van der Waals surface area (Å²) in [6, 6.07) is 12.6. The van der Waals surface area contributed by atoms with E-state index in [9.17, 15) is 8.42 Å². The van der Waals surface area contributed by atoms with Crippen molar-refractivity contribution in [2.45, 2.75) is 31.2 Å². The average molecular weight is 307 g/mol. The van der Waals surface area contributed by atoms with E-state index in [2.05, 4.69) is 0 Å². The van der Waals surface area contributed by atoms with Crippen LogP contribution in [-0.4, -0.2) is 37.0 Å². The molecule has 4 nitrogen and oxygen atoms in total. The number of sulfonamides is 1. The summed E-state index contributed by atoms with van der Waals surface area (Å²) < 4.78 is 27.3. The van der Waals surface area contributed by atoms with Crippen LogP contribution in [0.25, 0.3) is 10.8 Å². The zero-order valence-electron chi connectivity index (χ0n) is 12.4. The highest BCUT2D eigenvalue weighted by Crippen LogP contribution is 2.26. The number of hydrogen-bond acceptors (Lipinski definition) is 3. The first-order valence-corrected chi connectivity index (χ1v) is 8.53. The molecule has 114 valence electrons. The molecule has 0 radical (unpaired) electrons. The van der Waals surface area contributed by atoms with E-state index in [0.717, 1.165) is 10.8 Å². The smallest absolute Gasteiger partial charge is 0.243 e. The van der Waals surface area contributed by atoms with Gasteiger partial charge < -0.3 is 5.11 Å². The van der Waals surface area contributed by atoms with Crippen LogP contribution in [0.15, 0.2) is 47.4 Å². The van der Waals surface area contributed by atoms with Crippen LogP contribution in [0, 0.1) is 0 Å². The van der Waals surface area contributed by atoms with E-state index < -0.39 is 10.0 Å². The monoisotopic (exact) mass is 307 g/mol. The summed E-state index contributed by atoms with van der Waals surface area (Å²) in [4.78, 5) is 0.326. The molecule has 2 aromatic rings. The molecule has 0 aliphatic carbocycles. The van der Waals surface area contributed by atoms with Crippen molar-refractivity contribution in [3.63, 3.8) is 0 Å². The molecule has 0 spiro atoms. The fourth-order valence-corrected chi connectivity index (χ4v) is 4.32. The van der Waals surface area contributed by atoms with Gasteiger partial charge in [0.05, 0.1) is 4.90 Å². The molecule has 0 bridgehead atoms. The van der Waals surface area contributed by atoms with E-state index in [1.807, 2.05) is 44.2 Å². The standard InChI is InChI=1S/C16H21NO3S/c1-13(2)17(11-6-12-18)21(19,20)16-10-5-8-14-7-3-4-9-15(14)16/h3-5,7-10,13,18H,6,11-12H2,1-2H3. The molecule has 0 saturated heterocycles. The van der Waals surface area contributed by atoms with Gasteiger partial charge in [0.15, 0.2) is 0 Å². The van der Waals surface area contributed by atoms with Gasteiger partial charge in [-0.3, -0.25) is 0 Å². The minimum Gasteiger partial charge on any atom is -0.396 e. The molecule has 0 unspecified atom stereocenters. The average Bonchev–Trinajstić information content (AvgIpc) is 2.46. The fraction of sp³-hybridized carbons (Fsp3) is 0.375. The van der Waals surface area contributed by atoms with Gasteiger partial charge >= 0.3 is 0 Å². The number of rotatable bonds is 6. The van der Waals surface area contributed by atoms with Crippen LogP contribution in [0.2, 0.25) is 0 Å². The third-order valence-corrected chi connectivity index (χ3v) is 5.58. The van der Waals surface area contributed by atoms with E-state index in [1.165, 1.54) is 4.31 Å². The maximum Gasteiger partial charge on any atom is 0.243 e. The lowest BCUT2D eigenvalue weighted by Gasteiger charge is -2.26. The lowest BCUT2D eigenvalue weighted by molar-refractivity contribution is 0.258. The Bertz CT molecular complexity index is 705. The van der Waals surface area contributed by atoms with Gasteiger partial charge in [0.2, 0.25) is 10.0 Å². The molecule has 0 fully saturated rings. The molecule has 21 heavy (non-hydrogen) atoms. The summed E-state index contributed by atoms with van der Waals surface area (Å²) in [5.74, 6) is 0. The summed E-state index contributed by atoms with van der Waals surface area (Å²) in [7, 11) is -3.58. The molecule has 0 amide bonds. The third kappa shape index (κ3) is 3.26. The van der Waals surface area contributed by atoms with E-state index in [4.69, 9.17) is 5.11 Å². The molecule has 0 aromatic heterocycles. The van der Waals surface area contributed by atoms with Crippen LogP contribution in [-0.2, 0) is 10.0 Å². The molecule has 5 heteroatoms. The first-order chi connectivity index (χ1) is 9.98. The minimum absolute atomic E-state index is 0.0196. The van der Waals surface area contributed by atoms with E-state index in [1.54, 1.807) is 12.1 Å². The molecular formula is C16H21NO3S. The summed E-state index contributed by atoms with van der Waals surface area (Å²) in [5, 5.41) is 10.6. The van der Waals surface area contributed by atoms with Crippen molar-refractivity contribution in [2.24, 2.45) is 0 Å². The van der Waals surface area contributed by atoms with Gasteiger partial charge in [-0.25, -0.2) is 8.42 Å². The van der Waals surface area contributed by atoms with Crippen molar-refractivity contribution >= 4 is 20.8 Å². The van der Waals surface area contributed by atoms with Gasteiger partial charge in [-0.05, 0) is 31.7 Å². The van der Waals surface area contributed by atoms with Gasteiger partial charge in [-0.2, -0.15) is 4.31 Å². The van der Waals surface area contributed by atoms with Gasteiger partial charge in [0, 0.05) is 24.6 Å². The molecule has 0 aliphatic heterocycles. The van der Waals surface area contributed by atoms with Crippen molar-refractivity contribution in [1.82, 2.24) is 4.31 Å². The first-order valence-electron chi connectivity index (χ1n) is 7.09. The number of aliphatic hydroxyl groups excluding tert-OH is 1. The quantitative estimate of drug-likeness (QED) is 0.892. The van der Waals surface area contributed by atoms with Crippen molar-refractivity contribution < 1.29 is 13.5 Å². The van der Waals surface area contributed by atoms with Crippen molar-refractivity contribution in [3.05, 3.63) is 42.5 Å². The van der Waals surface area contributed by atoms with E-state index in [0.29, 0.717) is 17.9 Å². The van der Waals surface area contributed by atoms with Crippen molar-refractivity contribution in [1.29, 1.82) is 0 Å². The number of nitrogens with zero attached hydrogens (tertiary/aromatic N) is 1. The number of aliphatic hydroxyl groups is 1. The summed E-state index contributed by atoms with van der Waals surface area (Å²) in [5.41, 5.74) is 0. The molecule has 2 aromatic carbocycles. The largest absolute Gasteiger partial charge is 0.396 e. The van der Waals surface area contributed by atoms with E-state index >= 15 is 0 Å². The lowest BCUT2D eigenvalue weighted by atomic mass is 10.1. The second-order valence-electron chi connectivity index (χ2n) is 5.26. The molecule has 1 N–H and O–H groups in total. The Kier molecular flexibility index (Phi) is 4.98. The van der Waals surface area contributed by atoms with Gasteiger partial charge in [0.1, 0.15) is 0 Å². The van der Waals surface area contributed by atoms with E-state index in [-0.39, 0.29) is 12.6 Å². The van der Waals surface area contributed by atoms with Gasteiger partial charge in [-0.15, -0.1) is 0 Å². The van der Waals surface area contributed by atoms with Crippen molar-refractivity contribution in [2.75, 3.05) is 13.2 Å². The van der Waals surface area contributed by atoms with Crippen LogP contribution in [0.5, 0.6) is 0 Å². The lowest BCUT2D eigenvalue weighted by Crippen LogP contribution is -2.38.